The molecule has 0 aromatic carbocycles. The Morgan fingerprint density at radius 1 is 0.773 bits per heavy atom. The van der Waals surface area contributed by atoms with Gasteiger partial charge in [0, 0.05) is 12.4 Å². The van der Waals surface area contributed by atoms with Gasteiger partial charge in [0.1, 0.15) is 0 Å². The van der Waals surface area contributed by atoms with Gasteiger partial charge in [0.25, 0.3) is 0 Å². The summed E-state index contributed by atoms with van der Waals surface area (Å²) in [6.45, 7) is 1.14. The van der Waals surface area contributed by atoms with Crippen LogP contribution in [0.4, 0.5) is 0 Å². The average molecular weight is 300 g/mol. The van der Waals surface area contributed by atoms with Gasteiger partial charge in [-0.25, -0.2) is 0 Å². The quantitative estimate of drug-likeness (QED) is 0.520. The van der Waals surface area contributed by atoms with Crippen LogP contribution in [0.25, 0.3) is 0 Å². The van der Waals surface area contributed by atoms with E-state index in [-0.39, 0.29) is 13.1 Å². The molecule has 8 heteroatoms. The molecule has 0 aliphatic rings. The molecule has 22 heavy (non-hydrogen) atoms. The molecular formula is C14H16N6O2. The molecule has 0 aliphatic heterocycles. The molecule has 2 rings (SSSR count). The highest BCUT2D eigenvalue weighted by atomic mass is 16.3. The van der Waals surface area contributed by atoms with Gasteiger partial charge < -0.3 is 0 Å². The van der Waals surface area contributed by atoms with Gasteiger partial charge in [0.2, 0.25) is 0 Å². The van der Waals surface area contributed by atoms with Crippen LogP contribution in [0.3, 0.4) is 0 Å². The zero-order chi connectivity index (χ0) is 15.6. The maximum absolute atomic E-state index is 10.9. The molecule has 0 spiro atoms. The minimum absolute atomic E-state index is 0.276. The van der Waals surface area contributed by atoms with Gasteiger partial charge in [-0.15, -0.1) is 9.81 Å². The zero-order valence-electron chi connectivity index (χ0n) is 11.9. The van der Waals surface area contributed by atoms with E-state index in [2.05, 4.69) is 20.5 Å². The van der Waals surface area contributed by atoms with Crippen molar-refractivity contribution in [2.24, 2.45) is 10.6 Å². The summed E-state index contributed by atoms with van der Waals surface area (Å²) in [4.78, 5) is 30.0. The second-order valence-corrected chi connectivity index (χ2v) is 4.58. The molecule has 114 valence electrons. The van der Waals surface area contributed by atoms with Crippen molar-refractivity contribution in [1.29, 1.82) is 0 Å². The highest BCUT2D eigenvalue weighted by molar-refractivity contribution is 5.04. The molecular weight excluding hydrogens is 284 g/mol. The maximum atomic E-state index is 10.9. The lowest BCUT2D eigenvalue weighted by molar-refractivity contribution is 0.196. The fraction of sp³-hybridized carbons (Fsp3) is 0.286. The lowest BCUT2D eigenvalue weighted by Gasteiger charge is -2.19. The van der Waals surface area contributed by atoms with Crippen LogP contribution < -0.4 is 0 Å². The van der Waals surface area contributed by atoms with Crippen molar-refractivity contribution >= 4 is 0 Å². The molecule has 0 bridgehead atoms. The van der Waals surface area contributed by atoms with Gasteiger partial charge in [0.05, 0.1) is 48.1 Å². The third kappa shape index (κ3) is 4.89. The first-order valence-electron chi connectivity index (χ1n) is 6.78. The van der Waals surface area contributed by atoms with Gasteiger partial charge in [-0.1, -0.05) is 12.1 Å². The summed E-state index contributed by atoms with van der Waals surface area (Å²) in [5, 5.41) is 8.52. The molecule has 0 saturated carbocycles. The van der Waals surface area contributed by atoms with Crippen LogP contribution in [0.2, 0.25) is 0 Å². The predicted molar refractivity (Wildman–Crippen MR) is 80.9 cm³/mol. The molecule has 2 aromatic heterocycles. The van der Waals surface area contributed by atoms with Crippen molar-refractivity contribution < 1.29 is 0 Å². The second kappa shape index (κ2) is 8.40. The fourth-order valence-corrected chi connectivity index (χ4v) is 1.89. The summed E-state index contributed by atoms with van der Waals surface area (Å²) in [5.41, 5.74) is 1.47. The monoisotopic (exact) mass is 300 g/mol. The summed E-state index contributed by atoms with van der Waals surface area (Å²) in [5.74, 6) is 0. The lowest BCUT2D eigenvalue weighted by atomic mass is 10.3. The molecule has 8 nitrogen and oxygen atoms in total. The molecule has 0 radical (unpaired) electrons. The smallest absolute Gasteiger partial charge is 0.0815 e. The highest BCUT2D eigenvalue weighted by Crippen LogP contribution is 2.05. The Kier molecular flexibility index (Phi) is 5.91. The standard InChI is InChI=1S/C14H16N6O2/c21-17-19(11-13-5-1-3-7-15-13)9-10-20(18-22)12-14-6-2-4-8-16-14/h1-8H,9-12H2. The Balaban J connectivity index is 1.85. The summed E-state index contributed by atoms with van der Waals surface area (Å²) in [6.07, 6.45) is 3.30. The number of hydrogen-bond acceptors (Lipinski definition) is 6. The summed E-state index contributed by atoms with van der Waals surface area (Å²) >= 11 is 0. The molecule has 0 unspecified atom stereocenters. The van der Waals surface area contributed by atoms with Crippen LogP contribution in [0.5, 0.6) is 0 Å². The number of rotatable bonds is 9. The van der Waals surface area contributed by atoms with Gasteiger partial charge in [-0.05, 0) is 24.3 Å². The SMILES string of the molecule is O=NN(CCN(Cc1ccccn1)N=O)Cc1ccccn1. The number of aromatic nitrogens is 2. The number of pyridine rings is 2. The third-order valence-electron chi connectivity index (χ3n) is 2.99. The topological polar surface area (TPSA) is 91.1 Å². The van der Waals surface area contributed by atoms with E-state index >= 15 is 0 Å². The lowest BCUT2D eigenvalue weighted by Crippen LogP contribution is -2.29. The van der Waals surface area contributed by atoms with E-state index < -0.39 is 0 Å². The fourth-order valence-electron chi connectivity index (χ4n) is 1.89. The van der Waals surface area contributed by atoms with Crippen molar-refractivity contribution in [3.8, 4) is 0 Å². The number of hydrogen-bond donors (Lipinski definition) is 0. The highest BCUT2D eigenvalue weighted by Gasteiger charge is 2.10. The Labute approximate surface area is 127 Å². The molecule has 0 aliphatic carbocycles. The van der Waals surface area contributed by atoms with Crippen molar-refractivity contribution in [1.82, 2.24) is 20.0 Å². The molecule has 0 saturated heterocycles. The van der Waals surface area contributed by atoms with Crippen molar-refractivity contribution in [2.45, 2.75) is 13.1 Å². The Hall–Kier alpha value is -2.90. The average Bonchev–Trinajstić information content (AvgIpc) is 2.59. The minimum Gasteiger partial charge on any atom is -0.259 e. The molecule has 0 fully saturated rings. The van der Waals surface area contributed by atoms with E-state index in [0.717, 1.165) is 11.4 Å². The van der Waals surface area contributed by atoms with Gasteiger partial charge >= 0.3 is 0 Å². The minimum atomic E-state index is 0.276. The maximum Gasteiger partial charge on any atom is 0.0815 e. The van der Waals surface area contributed by atoms with Crippen LogP contribution in [-0.4, -0.2) is 33.1 Å². The van der Waals surface area contributed by atoms with E-state index in [4.69, 9.17) is 0 Å². The van der Waals surface area contributed by atoms with Gasteiger partial charge in [-0.3, -0.25) is 20.0 Å². The molecule has 2 heterocycles. The van der Waals surface area contributed by atoms with Gasteiger partial charge in [-0.2, -0.15) is 0 Å². The third-order valence-corrected chi connectivity index (χ3v) is 2.99. The Morgan fingerprint density at radius 2 is 1.23 bits per heavy atom. The van der Waals surface area contributed by atoms with E-state index in [1.54, 1.807) is 24.5 Å². The van der Waals surface area contributed by atoms with E-state index in [0.29, 0.717) is 13.1 Å². The van der Waals surface area contributed by atoms with E-state index in [1.165, 1.54) is 10.0 Å². The van der Waals surface area contributed by atoms with E-state index in [1.807, 2.05) is 24.3 Å². The first-order valence-corrected chi connectivity index (χ1v) is 6.78. The van der Waals surface area contributed by atoms with Gasteiger partial charge in [0.15, 0.2) is 0 Å². The summed E-state index contributed by atoms with van der Waals surface area (Å²) in [7, 11) is 0. The normalized spacial score (nSPS) is 10.0. The summed E-state index contributed by atoms with van der Waals surface area (Å²) < 4.78 is 0. The molecule has 0 atom stereocenters. The van der Waals surface area contributed by atoms with Crippen molar-refractivity contribution in [3.05, 3.63) is 70.0 Å². The Bertz CT molecular complexity index is 527. The number of nitrogens with zero attached hydrogens (tertiary/aromatic N) is 6. The number of nitroso groups, excluding NO2 is 2. The van der Waals surface area contributed by atoms with Crippen molar-refractivity contribution in [2.75, 3.05) is 13.1 Å². The first kappa shape index (κ1) is 15.5. The molecule has 2 aromatic rings. The summed E-state index contributed by atoms with van der Waals surface area (Å²) in [6, 6.07) is 10.9. The van der Waals surface area contributed by atoms with Crippen LogP contribution >= 0.6 is 0 Å². The predicted octanol–water partition coefficient (Wildman–Crippen LogP) is 2.14. The molecule has 0 amide bonds. The van der Waals surface area contributed by atoms with Crippen LogP contribution in [0.1, 0.15) is 11.4 Å². The zero-order valence-corrected chi connectivity index (χ0v) is 11.9. The first-order chi connectivity index (χ1) is 10.8. The van der Waals surface area contributed by atoms with Crippen LogP contribution in [-0.2, 0) is 13.1 Å². The van der Waals surface area contributed by atoms with Crippen molar-refractivity contribution in [3.63, 3.8) is 0 Å². The second-order valence-electron chi connectivity index (χ2n) is 4.58. The Morgan fingerprint density at radius 3 is 1.55 bits per heavy atom. The van der Waals surface area contributed by atoms with E-state index in [9.17, 15) is 9.81 Å². The van der Waals surface area contributed by atoms with Crippen LogP contribution in [0.15, 0.2) is 59.4 Å². The largest absolute Gasteiger partial charge is 0.259 e. The molecule has 0 N–H and O–H groups in total. The van der Waals surface area contributed by atoms with Crippen LogP contribution in [0, 0.1) is 9.81 Å².